The van der Waals surface area contributed by atoms with Crippen molar-refractivity contribution in [3.63, 3.8) is 0 Å². The normalized spacial score (nSPS) is 16.3. The summed E-state index contributed by atoms with van der Waals surface area (Å²) in [7, 11) is 0. The van der Waals surface area contributed by atoms with Gasteiger partial charge >= 0.3 is 0 Å². The van der Waals surface area contributed by atoms with Crippen LogP contribution in [-0.4, -0.2) is 9.55 Å². The molecule has 2 rings (SSSR count). The fraction of sp³-hybridized carbons (Fsp3) is 0.750. The largest absolute Gasteiger partial charge is 0.384 e. The average molecular weight is 207 g/mol. The second kappa shape index (κ2) is 3.87. The van der Waals surface area contributed by atoms with Gasteiger partial charge in [0.05, 0.1) is 5.69 Å². The second-order valence-electron chi connectivity index (χ2n) is 4.92. The Labute approximate surface area is 91.7 Å². The van der Waals surface area contributed by atoms with Crippen molar-refractivity contribution in [3.8, 4) is 0 Å². The van der Waals surface area contributed by atoms with Gasteiger partial charge in [0, 0.05) is 12.5 Å². The smallest absolute Gasteiger partial charge is 0.126 e. The fourth-order valence-corrected chi connectivity index (χ4v) is 2.06. The summed E-state index contributed by atoms with van der Waals surface area (Å²) >= 11 is 0. The Balaban J connectivity index is 2.30. The monoisotopic (exact) mass is 207 g/mol. The highest BCUT2D eigenvalue weighted by Gasteiger charge is 2.30. The van der Waals surface area contributed by atoms with E-state index in [-0.39, 0.29) is 0 Å². The molecule has 0 saturated heterocycles. The number of aromatic nitrogens is 2. The van der Waals surface area contributed by atoms with Crippen molar-refractivity contribution in [2.45, 2.75) is 52.5 Å². The van der Waals surface area contributed by atoms with Crippen molar-refractivity contribution >= 4 is 5.82 Å². The molecule has 0 spiro atoms. The lowest BCUT2D eigenvalue weighted by molar-refractivity contribution is 0.637. The highest BCUT2D eigenvalue weighted by molar-refractivity contribution is 5.40. The maximum Gasteiger partial charge on any atom is 0.126 e. The van der Waals surface area contributed by atoms with Gasteiger partial charge in [-0.15, -0.1) is 0 Å². The van der Waals surface area contributed by atoms with Crippen molar-refractivity contribution in [1.29, 1.82) is 0 Å². The van der Waals surface area contributed by atoms with Gasteiger partial charge in [0.1, 0.15) is 11.6 Å². The number of hydrogen-bond donors (Lipinski definition) is 1. The van der Waals surface area contributed by atoms with Crippen LogP contribution in [0.15, 0.2) is 0 Å². The number of rotatable bonds is 4. The molecule has 84 valence electrons. The molecule has 1 aliphatic rings. The lowest BCUT2D eigenvalue weighted by Crippen LogP contribution is -2.05. The fourth-order valence-electron chi connectivity index (χ4n) is 2.06. The summed E-state index contributed by atoms with van der Waals surface area (Å²) in [6.45, 7) is 7.51. The van der Waals surface area contributed by atoms with Gasteiger partial charge in [0.15, 0.2) is 0 Å². The van der Waals surface area contributed by atoms with Gasteiger partial charge in [-0.1, -0.05) is 13.8 Å². The minimum atomic E-state index is 0.625. The van der Waals surface area contributed by atoms with E-state index in [4.69, 9.17) is 10.7 Å². The van der Waals surface area contributed by atoms with Crippen LogP contribution in [0.25, 0.3) is 0 Å². The first-order valence-electron chi connectivity index (χ1n) is 5.98. The van der Waals surface area contributed by atoms with E-state index in [0.29, 0.717) is 11.8 Å². The molecule has 2 N–H and O–H groups in total. The van der Waals surface area contributed by atoms with Crippen LogP contribution in [0.1, 0.15) is 51.0 Å². The van der Waals surface area contributed by atoms with Gasteiger partial charge in [-0.05, 0) is 32.1 Å². The van der Waals surface area contributed by atoms with Crippen LogP contribution in [0.3, 0.4) is 0 Å². The number of nitrogens with two attached hydrogens (primary N) is 1. The topological polar surface area (TPSA) is 43.8 Å². The van der Waals surface area contributed by atoms with E-state index in [1.165, 1.54) is 18.7 Å². The minimum absolute atomic E-state index is 0.625. The second-order valence-corrected chi connectivity index (χ2v) is 4.92. The van der Waals surface area contributed by atoms with Gasteiger partial charge in [0.25, 0.3) is 0 Å². The molecule has 1 heterocycles. The molecular formula is C12H21N3. The molecule has 1 aromatic rings. The summed E-state index contributed by atoms with van der Waals surface area (Å²) in [5.74, 6) is 3.44. The van der Waals surface area contributed by atoms with Crippen LogP contribution in [0.2, 0.25) is 0 Å². The Bertz CT molecular complexity index is 348. The third kappa shape index (κ3) is 2.01. The Morgan fingerprint density at radius 3 is 2.60 bits per heavy atom. The van der Waals surface area contributed by atoms with Gasteiger partial charge < -0.3 is 10.3 Å². The quantitative estimate of drug-likeness (QED) is 0.824. The number of hydrogen-bond acceptors (Lipinski definition) is 2. The first-order valence-corrected chi connectivity index (χ1v) is 5.98. The predicted octanol–water partition coefficient (Wildman–Crippen LogP) is 2.56. The van der Waals surface area contributed by atoms with Crippen LogP contribution in [-0.2, 0) is 13.0 Å². The van der Waals surface area contributed by atoms with Crippen LogP contribution in [0.4, 0.5) is 5.82 Å². The molecule has 0 bridgehead atoms. The van der Waals surface area contributed by atoms with Gasteiger partial charge in [-0.3, -0.25) is 0 Å². The van der Waals surface area contributed by atoms with E-state index < -0.39 is 0 Å². The third-order valence-electron chi connectivity index (χ3n) is 2.97. The molecule has 3 heteroatoms. The number of anilines is 1. The first-order chi connectivity index (χ1) is 7.13. The van der Waals surface area contributed by atoms with Crippen molar-refractivity contribution in [1.82, 2.24) is 9.55 Å². The molecule has 0 aromatic carbocycles. The van der Waals surface area contributed by atoms with Gasteiger partial charge in [0.2, 0.25) is 0 Å². The highest BCUT2D eigenvalue weighted by Crippen LogP contribution is 2.40. The molecule has 1 aliphatic carbocycles. The first kappa shape index (κ1) is 10.5. The Hall–Kier alpha value is -0.990. The molecule has 0 aliphatic heterocycles. The summed E-state index contributed by atoms with van der Waals surface area (Å²) in [4.78, 5) is 4.72. The van der Waals surface area contributed by atoms with E-state index in [1.54, 1.807) is 0 Å². The van der Waals surface area contributed by atoms with Crippen LogP contribution in [0.5, 0.6) is 0 Å². The number of nitrogen functional groups attached to an aromatic ring is 1. The number of imidazole rings is 1. The van der Waals surface area contributed by atoms with Crippen molar-refractivity contribution in [2.75, 3.05) is 5.73 Å². The van der Waals surface area contributed by atoms with E-state index in [2.05, 4.69) is 25.3 Å². The van der Waals surface area contributed by atoms with Crippen LogP contribution < -0.4 is 5.73 Å². The lowest BCUT2D eigenvalue weighted by Gasteiger charge is -2.05. The maximum atomic E-state index is 6.13. The number of nitrogens with zero attached hydrogens (tertiary/aromatic N) is 2. The zero-order valence-corrected chi connectivity index (χ0v) is 9.95. The third-order valence-corrected chi connectivity index (χ3v) is 2.97. The maximum absolute atomic E-state index is 6.13. The van der Waals surface area contributed by atoms with Gasteiger partial charge in [-0.25, -0.2) is 4.98 Å². The van der Waals surface area contributed by atoms with E-state index in [9.17, 15) is 0 Å². The van der Waals surface area contributed by atoms with E-state index in [0.717, 1.165) is 24.5 Å². The molecular weight excluding hydrogens is 186 g/mol. The van der Waals surface area contributed by atoms with Gasteiger partial charge in [-0.2, -0.15) is 0 Å². The molecule has 1 saturated carbocycles. The Kier molecular flexibility index (Phi) is 2.72. The lowest BCUT2D eigenvalue weighted by atomic mass is 10.1. The highest BCUT2D eigenvalue weighted by atomic mass is 15.1. The zero-order chi connectivity index (χ0) is 11.0. The SMILES string of the molecule is CCn1c(C2CC2)nc(CC(C)C)c1N. The van der Waals surface area contributed by atoms with E-state index >= 15 is 0 Å². The summed E-state index contributed by atoms with van der Waals surface area (Å²) < 4.78 is 2.19. The standard InChI is InChI=1S/C12H21N3/c1-4-15-11(13)10(7-8(2)3)14-12(15)9-5-6-9/h8-9H,4-7,13H2,1-3H3. The van der Waals surface area contributed by atoms with Crippen molar-refractivity contribution < 1.29 is 0 Å². The molecule has 15 heavy (non-hydrogen) atoms. The summed E-state index contributed by atoms with van der Waals surface area (Å²) in [5, 5.41) is 0. The zero-order valence-electron chi connectivity index (χ0n) is 9.95. The summed E-state index contributed by atoms with van der Waals surface area (Å²) in [6.07, 6.45) is 3.58. The molecule has 0 atom stereocenters. The predicted molar refractivity (Wildman–Crippen MR) is 62.8 cm³/mol. The van der Waals surface area contributed by atoms with Crippen LogP contribution in [0, 0.1) is 5.92 Å². The molecule has 3 nitrogen and oxygen atoms in total. The minimum Gasteiger partial charge on any atom is -0.384 e. The average Bonchev–Trinajstić information content (AvgIpc) is 2.94. The molecule has 0 radical (unpaired) electrons. The van der Waals surface area contributed by atoms with Crippen molar-refractivity contribution in [2.24, 2.45) is 5.92 Å². The Morgan fingerprint density at radius 1 is 1.47 bits per heavy atom. The molecule has 1 aromatic heterocycles. The van der Waals surface area contributed by atoms with Crippen molar-refractivity contribution in [3.05, 3.63) is 11.5 Å². The Morgan fingerprint density at radius 2 is 2.13 bits per heavy atom. The summed E-state index contributed by atoms with van der Waals surface area (Å²) in [6, 6.07) is 0. The van der Waals surface area contributed by atoms with E-state index in [1.807, 2.05) is 0 Å². The molecule has 0 unspecified atom stereocenters. The van der Waals surface area contributed by atoms with Crippen LogP contribution >= 0.6 is 0 Å². The summed E-state index contributed by atoms with van der Waals surface area (Å²) in [5.41, 5.74) is 7.23. The molecule has 1 fully saturated rings. The molecule has 0 amide bonds.